The van der Waals surface area contributed by atoms with Gasteiger partial charge in [-0.2, -0.15) is 0 Å². The SMILES string of the molecule is CCC(=O)OC1=CC(=O)CC=C1. The van der Waals surface area contributed by atoms with Crippen LogP contribution < -0.4 is 0 Å². The first kappa shape index (κ1) is 8.71. The molecule has 0 atom stereocenters. The molecule has 1 aliphatic rings. The van der Waals surface area contributed by atoms with Crippen molar-refractivity contribution in [3.05, 3.63) is 24.0 Å². The van der Waals surface area contributed by atoms with Crippen LogP contribution in [0, 0.1) is 0 Å². The van der Waals surface area contributed by atoms with Gasteiger partial charge >= 0.3 is 5.97 Å². The lowest BCUT2D eigenvalue weighted by atomic mass is 10.1. The van der Waals surface area contributed by atoms with E-state index in [9.17, 15) is 9.59 Å². The van der Waals surface area contributed by atoms with E-state index < -0.39 is 0 Å². The van der Waals surface area contributed by atoms with E-state index in [4.69, 9.17) is 4.74 Å². The number of hydrogen-bond donors (Lipinski definition) is 0. The van der Waals surface area contributed by atoms with E-state index in [-0.39, 0.29) is 11.8 Å². The first-order chi connectivity index (χ1) is 5.72. The van der Waals surface area contributed by atoms with Crippen LogP contribution >= 0.6 is 0 Å². The van der Waals surface area contributed by atoms with Crippen LogP contribution in [0.3, 0.4) is 0 Å². The number of esters is 1. The minimum atomic E-state index is -0.319. The number of carbonyl (C=O) groups is 2. The summed E-state index contributed by atoms with van der Waals surface area (Å²) in [7, 11) is 0. The molecule has 0 amide bonds. The van der Waals surface area contributed by atoms with Gasteiger partial charge in [-0.3, -0.25) is 9.59 Å². The molecule has 1 aliphatic carbocycles. The van der Waals surface area contributed by atoms with Crippen LogP contribution in [0.1, 0.15) is 19.8 Å². The molecule has 0 saturated heterocycles. The van der Waals surface area contributed by atoms with Crippen LogP contribution in [0.4, 0.5) is 0 Å². The summed E-state index contributed by atoms with van der Waals surface area (Å²) in [5.41, 5.74) is 0. The van der Waals surface area contributed by atoms with Gasteiger partial charge in [-0.1, -0.05) is 13.0 Å². The topological polar surface area (TPSA) is 43.4 Å². The molecule has 0 heterocycles. The fraction of sp³-hybridized carbons (Fsp3) is 0.333. The maximum absolute atomic E-state index is 10.8. The fourth-order valence-electron chi connectivity index (χ4n) is 0.824. The molecule has 0 aromatic carbocycles. The molecule has 0 saturated carbocycles. The smallest absolute Gasteiger partial charge is 0.310 e. The molecule has 0 fully saturated rings. The van der Waals surface area contributed by atoms with Crippen LogP contribution in [0.15, 0.2) is 24.0 Å². The van der Waals surface area contributed by atoms with E-state index in [0.29, 0.717) is 18.6 Å². The van der Waals surface area contributed by atoms with Crippen molar-refractivity contribution in [3.63, 3.8) is 0 Å². The summed E-state index contributed by atoms with van der Waals surface area (Å²) in [6, 6.07) is 0. The third kappa shape index (κ3) is 2.34. The molecule has 0 N–H and O–H groups in total. The van der Waals surface area contributed by atoms with Crippen molar-refractivity contribution < 1.29 is 14.3 Å². The van der Waals surface area contributed by atoms with Crippen molar-refractivity contribution in [2.75, 3.05) is 0 Å². The van der Waals surface area contributed by atoms with Crippen molar-refractivity contribution >= 4 is 11.8 Å². The Bertz CT molecular complexity index is 261. The van der Waals surface area contributed by atoms with Gasteiger partial charge in [-0.05, 0) is 6.08 Å². The summed E-state index contributed by atoms with van der Waals surface area (Å²) in [6.07, 6.45) is 5.37. The molecule has 0 aromatic rings. The van der Waals surface area contributed by atoms with Gasteiger partial charge < -0.3 is 4.74 Å². The number of carbonyl (C=O) groups excluding carboxylic acids is 2. The van der Waals surface area contributed by atoms with Crippen LogP contribution in [0.5, 0.6) is 0 Å². The molecule has 64 valence electrons. The monoisotopic (exact) mass is 166 g/mol. The lowest BCUT2D eigenvalue weighted by molar-refractivity contribution is -0.138. The Morgan fingerprint density at radius 1 is 1.67 bits per heavy atom. The average molecular weight is 166 g/mol. The molecule has 0 aromatic heterocycles. The summed E-state index contributed by atoms with van der Waals surface area (Å²) >= 11 is 0. The van der Waals surface area contributed by atoms with E-state index in [1.807, 2.05) is 0 Å². The van der Waals surface area contributed by atoms with E-state index in [2.05, 4.69) is 0 Å². The molecular formula is C9H10O3. The second-order valence-corrected chi connectivity index (χ2v) is 2.45. The number of allylic oxidation sites excluding steroid dienone is 3. The van der Waals surface area contributed by atoms with Gasteiger partial charge in [0.2, 0.25) is 0 Å². The number of ether oxygens (including phenoxy) is 1. The van der Waals surface area contributed by atoms with Crippen molar-refractivity contribution in [2.45, 2.75) is 19.8 Å². The van der Waals surface area contributed by atoms with Gasteiger partial charge in [0.25, 0.3) is 0 Å². The second-order valence-electron chi connectivity index (χ2n) is 2.45. The highest BCUT2D eigenvalue weighted by Crippen LogP contribution is 2.08. The maximum atomic E-state index is 10.8. The highest BCUT2D eigenvalue weighted by Gasteiger charge is 2.07. The lowest BCUT2D eigenvalue weighted by Gasteiger charge is -2.05. The molecule has 0 aliphatic heterocycles. The quantitative estimate of drug-likeness (QED) is 0.581. The highest BCUT2D eigenvalue weighted by atomic mass is 16.5. The average Bonchev–Trinajstić information content (AvgIpc) is 2.04. The largest absolute Gasteiger partial charge is 0.426 e. The number of hydrogen-bond acceptors (Lipinski definition) is 3. The van der Waals surface area contributed by atoms with Crippen LogP contribution in [0.2, 0.25) is 0 Å². The molecule has 0 bridgehead atoms. The lowest BCUT2D eigenvalue weighted by Crippen LogP contribution is -2.05. The van der Waals surface area contributed by atoms with Gasteiger partial charge in [-0.25, -0.2) is 0 Å². The van der Waals surface area contributed by atoms with Gasteiger partial charge in [0, 0.05) is 18.9 Å². The van der Waals surface area contributed by atoms with Crippen molar-refractivity contribution in [3.8, 4) is 0 Å². The fourth-order valence-corrected chi connectivity index (χ4v) is 0.824. The Labute approximate surface area is 70.7 Å². The maximum Gasteiger partial charge on any atom is 0.310 e. The van der Waals surface area contributed by atoms with Crippen molar-refractivity contribution in [2.24, 2.45) is 0 Å². The molecule has 12 heavy (non-hydrogen) atoms. The van der Waals surface area contributed by atoms with Crippen molar-refractivity contribution in [1.82, 2.24) is 0 Å². The molecule has 0 radical (unpaired) electrons. The van der Waals surface area contributed by atoms with E-state index >= 15 is 0 Å². The zero-order valence-electron chi connectivity index (χ0n) is 6.87. The van der Waals surface area contributed by atoms with Crippen molar-refractivity contribution in [1.29, 1.82) is 0 Å². The molecule has 1 rings (SSSR count). The summed E-state index contributed by atoms with van der Waals surface area (Å²) in [5, 5.41) is 0. The molecule has 0 unspecified atom stereocenters. The van der Waals surface area contributed by atoms with Crippen LogP contribution in [0.25, 0.3) is 0 Å². The Kier molecular flexibility index (Phi) is 2.80. The first-order valence-electron chi connectivity index (χ1n) is 3.84. The zero-order valence-corrected chi connectivity index (χ0v) is 6.87. The molecule has 0 spiro atoms. The predicted molar refractivity (Wildman–Crippen MR) is 43.2 cm³/mol. The Morgan fingerprint density at radius 3 is 3.00 bits per heavy atom. The minimum Gasteiger partial charge on any atom is -0.426 e. The van der Waals surface area contributed by atoms with Gasteiger partial charge in [0.05, 0.1) is 0 Å². The Morgan fingerprint density at radius 2 is 2.42 bits per heavy atom. The molecule has 3 nitrogen and oxygen atoms in total. The predicted octanol–water partition coefficient (Wildman–Crippen LogP) is 1.35. The van der Waals surface area contributed by atoms with Crippen LogP contribution in [-0.4, -0.2) is 11.8 Å². The first-order valence-corrected chi connectivity index (χ1v) is 3.84. The zero-order chi connectivity index (χ0) is 8.97. The normalized spacial score (nSPS) is 15.8. The minimum absolute atomic E-state index is 0.0311. The second kappa shape index (κ2) is 3.85. The highest BCUT2D eigenvalue weighted by molar-refractivity contribution is 5.93. The third-order valence-corrected chi connectivity index (χ3v) is 1.42. The van der Waals surface area contributed by atoms with Gasteiger partial charge in [-0.15, -0.1) is 0 Å². The Balaban J connectivity index is 2.57. The number of rotatable bonds is 2. The summed E-state index contributed by atoms with van der Waals surface area (Å²) in [6.45, 7) is 1.71. The Hall–Kier alpha value is -1.38. The molecule has 3 heteroatoms. The standard InChI is InChI=1S/C9H10O3/c1-2-9(11)12-8-5-3-4-7(10)6-8/h3,5-6H,2,4H2,1H3. The molecular weight excluding hydrogens is 156 g/mol. The van der Waals surface area contributed by atoms with Crippen LogP contribution in [-0.2, 0) is 14.3 Å². The number of ketones is 1. The summed E-state index contributed by atoms with van der Waals surface area (Å²) in [5.74, 6) is -0.00453. The van der Waals surface area contributed by atoms with E-state index in [1.54, 1.807) is 19.1 Å². The summed E-state index contributed by atoms with van der Waals surface area (Å²) in [4.78, 5) is 21.6. The van der Waals surface area contributed by atoms with E-state index in [0.717, 1.165) is 0 Å². The third-order valence-electron chi connectivity index (χ3n) is 1.42. The van der Waals surface area contributed by atoms with Gasteiger partial charge in [0.1, 0.15) is 5.76 Å². The van der Waals surface area contributed by atoms with E-state index in [1.165, 1.54) is 6.08 Å². The van der Waals surface area contributed by atoms with Gasteiger partial charge in [0.15, 0.2) is 5.78 Å². The summed E-state index contributed by atoms with van der Waals surface area (Å²) < 4.78 is 4.83.